The van der Waals surface area contributed by atoms with Crippen molar-refractivity contribution in [3.63, 3.8) is 0 Å². The number of nitrogens with zero attached hydrogens (tertiary/aromatic N) is 2. The SMILES string of the molecule is O=C(c1n[nH]c(=O)c2ccccc12)N1CCCCC1CC1(O)CCCCC1. The Morgan fingerprint density at radius 1 is 1.15 bits per heavy atom. The highest BCUT2D eigenvalue weighted by Gasteiger charge is 2.37. The van der Waals surface area contributed by atoms with E-state index in [-0.39, 0.29) is 17.5 Å². The minimum absolute atomic E-state index is 0.0295. The van der Waals surface area contributed by atoms with Gasteiger partial charge in [-0.3, -0.25) is 9.59 Å². The Hall–Kier alpha value is -2.21. The number of benzene rings is 1. The van der Waals surface area contributed by atoms with Crippen LogP contribution in [0.2, 0.25) is 0 Å². The number of aromatic nitrogens is 2. The van der Waals surface area contributed by atoms with E-state index in [2.05, 4.69) is 10.2 Å². The van der Waals surface area contributed by atoms with Gasteiger partial charge in [0.15, 0.2) is 5.69 Å². The molecular weight excluding hydrogens is 342 g/mol. The van der Waals surface area contributed by atoms with E-state index in [1.165, 1.54) is 6.42 Å². The van der Waals surface area contributed by atoms with Crippen molar-refractivity contribution in [3.05, 3.63) is 40.3 Å². The van der Waals surface area contributed by atoms with Gasteiger partial charge in [-0.1, -0.05) is 37.5 Å². The molecule has 0 spiro atoms. The minimum atomic E-state index is -0.653. The molecule has 2 fully saturated rings. The molecule has 0 radical (unpaired) electrons. The fourth-order valence-corrected chi connectivity index (χ4v) is 4.75. The first-order valence-corrected chi connectivity index (χ1v) is 10.1. The third-order valence-electron chi connectivity index (χ3n) is 6.19. The number of aliphatic hydroxyl groups is 1. The molecule has 4 rings (SSSR count). The Morgan fingerprint density at radius 2 is 1.89 bits per heavy atom. The zero-order valence-corrected chi connectivity index (χ0v) is 15.6. The Bertz CT molecular complexity index is 886. The largest absolute Gasteiger partial charge is 0.390 e. The molecule has 1 aromatic carbocycles. The number of fused-ring (bicyclic) bond motifs is 1. The monoisotopic (exact) mass is 369 g/mol. The van der Waals surface area contributed by atoms with Crippen molar-refractivity contribution in [1.29, 1.82) is 0 Å². The summed E-state index contributed by atoms with van der Waals surface area (Å²) in [6.45, 7) is 0.675. The van der Waals surface area contributed by atoms with Gasteiger partial charge in [-0.15, -0.1) is 0 Å². The average Bonchev–Trinajstić information content (AvgIpc) is 2.69. The highest BCUT2D eigenvalue weighted by Crippen LogP contribution is 2.35. The van der Waals surface area contributed by atoms with Crippen LogP contribution >= 0.6 is 0 Å². The molecule has 6 heteroatoms. The van der Waals surface area contributed by atoms with E-state index in [9.17, 15) is 14.7 Å². The lowest BCUT2D eigenvalue weighted by atomic mass is 9.78. The van der Waals surface area contributed by atoms with E-state index in [4.69, 9.17) is 0 Å². The van der Waals surface area contributed by atoms with Gasteiger partial charge in [0.1, 0.15) is 0 Å². The third kappa shape index (κ3) is 3.63. The number of nitrogens with one attached hydrogen (secondary N) is 1. The van der Waals surface area contributed by atoms with Crippen LogP contribution in [-0.2, 0) is 0 Å². The Morgan fingerprint density at radius 3 is 2.67 bits per heavy atom. The molecule has 0 bridgehead atoms. The highest BCUT2D eigenvalue weighted by atomic mass is 16.3. The predicted octanol–water partition coefficient (Wildman–Crippen LogP) is 3.00. The van der Waals surface area contributed by atoms with Crippen molar-refractivity contribution < 1.29 is 9.90 Å². The summed E-state index contributed by atoms with van der Waals surface area (Å²) < 4.78 is 0. The van der Waals surface area contributed by atoms with Gasteiger partial charge >= 0.3 is 0 Å². The van der Waals surface area contributed by atoms with Gasteiger partial charge < -0.3 is 10.0 Å². The highest BCUT2D eigenvalue weighted by molar-refractivity contribution is 6.04. The second-order valence-electron chi connectivity index (χ2n) is 8.08. The maximum Gasteiger partial charge on any atom is 0.275 e. The molecule has 144 valence electrons. The quantitative estimate of drug-likeness (QED) is 0.871. The number of carbonyl (C=O) groups is 1. The van der Waals surface area contributed by atoms with E-state index >= 15 is 0 Å². The van der Waals surface area contributed by atoms with E-state index in [0.29, 0.717) is 29.4 Å². The number of rotatable bonds is 3. The van der Waals surface area contributed by atoms with Crippen molar-refractivity contribution in [2.24, 2.45) is 0 Å². The average molecular weight is 369 g/mol. The normalized spacial score (nSPS) is 22.7. The molecule has 1 amide bonds. The number of hydrogen-bond acceptors (Lipinski definition) is 4. The van der Waals surface area contributed by atoms with Crippen LogP contribution in [-0.4, -0.2) is 44.3 Å². The lowest BCUT2D eigenvalue weighted by Crippen LogP contribution is -2.48. The molecule has 1 saturated carbocycles. The Kier molecular flexibility index (Phi) is 5.00. The first kappa shape index (κ1) is 18.2. The zero-order chi connectivity index (χ0) is 18.9. The van der Waals surface area contributed by atoms with Crippen molar-refractivity contribution in [1.82, 2.24) is 15.1 Å². The summed E-state index contributed by atoms with van der Waals surface area (Å²) in [5.74, 6) is -0.147. The van der Waals surface area contributed by atoms with Crippen molar-refractivity contribution in [3.8, 4) is 0 Å². The molecule has 2 heterocycles. The van der Waals surface area contributed by atoms with Gasteiger partial charge in [0.05, 0.1) is 11.0 Å². The van der Waals surface area contributed by atoms with Gasteiger partial charge in [-0.25, -0.2) is 5.10 Å². The molecule has 1 aliphatic carbocycles. The van der Waals surface area contributed by atoms with E-state index in [1.54, 1.807) is 18.2 Å². The van der Waals surface area contributed by atoms with E-state index < -0.39 is 5.60 Å². The van der Waals surface area contributed by atoms with Gasteiger partial charge in [-0.2, -0.15) is 5.10 Å². The predicted molar refractivity (Wildman–Crippen MR) is 104 cm³/mol. The molecule has 6 nitrogen and oxygen atoms in total. The summed E-state index contributed by atoms with van der Waals surface area (Å²) in [6, 6.07) is 7.12. The number of carbonyl (C=O) groups excluding carboxylic acids is 1. The second kappa shape index (κ2) is 7.43. The molecule has 2 N–H and O–H groups in total. The van der Waals surface area contributed by atoms with Gasteiger partial charge in [0.25, 0.3) is 11.5 Å². The first-order chi connectivity index (χ1) is 13.1. The van der Waals surface area contributed by atoms with Crippen LogP contribution in [0.4, 0.5) is 0 Å². The number of piperidine rings is 1. The van der Waals surface area contributed by atoms with E-state index in [1.807, 2.05) is 11.0 Å². The van der Waals surface area contributed by atoms with Crippen molar-refractivity contribution >= 4 is 16.7 Å². The molecule has 2 aliphatic rings. The van der Waals surface area contributed by atoms with Crippen LogP contribution in [0.5, 0.6) is 0 Å². The van der Waals surface area contributed by atoms with Crippen molar-refractivity contribution in [2.75, 3.05) is 6.54 Å². The lowest BCUT2D eigenvalue weighted by molar-refractivity contribution is -0.0297. The first-order valence-electron chi connectivity index (χ1n) is 10.1. The summed E-state index contributed by atoms with van der Waals surface area (Å²) in [5.41, 5.74) is -0.638. The number of likely N-dealkylation sites (tertiary alicyclic amines) is 1. The molecular formula is C21H27N3O3. The topological polar surface area (TPSA) is 86.3 Å². The van der Waals surface area contributed by atoms with Crippen LogP contribution in [0.15, 0.2) is 29.1 Å². The van der Waals surface area contributed by atoms with Crippen molar-refractivity contribution in [2.45, 2.75) is 69.4 Å². The Labute approximate surface area is 158 Å². The van der Waals surface area contributed by atoms with E-state index in [0.717, 1.165) is 44.9 Å². The number of H-pyrrole nitrogens is 1. The van der Waals surface area contributed by atoms with Crippen LogP contribution in [0.1, 0.15) is 68.3 Å². The van der Waals surface area contributed by atoms with Gasteiger partial charge in [0.2, 0.25) is 0 Å². The number of hydrogen-bond donors (Lipinski definition) is 2. The van der Waals surface area contributed by atoms with Crippen LogP contribution < -0.4 is 5.56 Å². The Balaban J connectivity index is 1.63. The standard InChI is InChI=1S/C21H27N3O3/c25-19-17-10-3-2-9-16(17)18(22-23-19)20(26)24-13-7-4-8-15(24)14-21(27)11-5-1-6-12-21/h2-3,9-10,15,27H,1,4-8,11-14H2,(H,23,25). The fraction of sp³-hybridized carbons (Fsp3) is 0.571. The third-order valence-corrected chi connectivity index (χ3v) is 6.19. The smallest absolute Gasteiger partial charge is 0.275 e. The molecule has 2 aromatic rings. The summed E-state index contributed by atoms with van der Waals surface area (Å²) in [5, 5.41) is 18.6. The zero-order valence-electron chi connectivity index (χ0n) is 15.6. The summed E-state index contributed by atoms with van der Waals surface area (Å²) in [7, 11) is 0. The maximum absolute atomic E-state index is 13.3. The maximum atomic E-state index is 13.3. The number of aromatic amines is 1. The fourth-order valence-electron chi connectivity index (χ4n) is 4.75. The minimum Gasteiger partial charge on any atom is -0.390 e. The number of amides is 1. The molecule has 1 atom stereocenters. The van der Waals surface area contributed by atoms with Crippen LogP contribution in [0.25, 0.3) is 10.8 Å². The van der Waals surface area contributed by atoms with Crippen LogP contribution in [0, 0.1) is 0 Å². The molecule has 1 aromatic heterocycles. The summed E-state index contributed by atoms with van der Waals surface area (Å²) in [4.78, 5) is 27.2. The molecule has 1 unspecified atom stereocenters. The van der Waals surface area contributed by atoms with Gasteiger partial charge in [0, 0.05) is 18.0 Å². The second-order valence-corrected chi connectivity index (χ2v) is 8.08. The van der Waals surface area contributed by atoms with Gasteiger partial charge in [-0.05, 0) is 44.6 Å². The summed E-state index contributed by atoms with van der Waals surface area (Å²) >= 11 is 0. The lowest BCUT2D eigenvalue weighted by Gasteiger charge is -2.42. The molecule has 27 heavy (non-hydrogen) atoms. The molecule has 1 saturated heterocycles. The van der Waals surface area contributed by atoms with Crippen LogP contribution in [0.3, 0.4) is 0 Å². The molecule has 1 aliphatic heterocycles. The summed E-state index contributed by atoms with van der Waals surface area (Å²) in [6.07, 6.45) is 8.54.